The highest BCUT2D eigenvalue weighted by atomic mass is 79.9. The Kier molecular flexibility index (Phi) is 6.44. The fraction of sp³-hybridized carbons (Fsp3) is 0.333. The molecule has 1 aromatic heterocycles. The minimum atomic E-state index is -0.0738. The van der Waals surface area contributed by atoms with Gasteiger partial charge in [0.15, 0.2) is 5.13 Å². The van der Waals surface area contributed by atoms with Crippen molar-refractivity contribution in [2.24, 2.45) is 0 Å². The Morgan fingerprint density at radius 3 is 2.90 bits per heavy atom. The van der Waals surface area contributed by atoms with Crippen LogP contribution in [0.2, 0.25) is 0 Å². The minimum absolute atomic E-state index is 0.0738. The van der Waals surface area contributed by atoms with Gasteiger partial charge in [-0.2, -0.15) is 0 Å². The summed E-state index contributed by atoms with van der Waals surface area (Å²) in [4.78, 5) is 22.2. The summed E-state index contributed by atoms with van der Waals surface area (Å²) < 4.78 is 12.8. The molecule has 3 aromatic rings. The molecule has 152 valence electrons. The van der Waals surface area contributed by atoms with Gasteiger partial charge in [0.2, 0.25) is 0 Å². The molecule has 0 aliphatic carbocycles. The lowest BCUT2D eigenvalue weighted by molar-refractivity contribution is 0.0391. The molecule has 4 rings (SSSR count). The van der Waals surface area contributed by atoms with Crippen LogP contribution >= 0.6 is 27.3 Å². The summed E-state index contributed by atoms with van der Waals surface area (Å²) in [6.45, 7) is 4.58. The summed E-state index contributed by atoms with van der Waals surface area (Å²) in [5, 5.41) is 0.708. The lowest BCUT2D eigenvalue weighted by Crippen LogP contribution is -2.43. The molecular weight excluding hydrogens is 454 g/mol. The number of anilines is 1. The lowest BCUT2D eigenvalue weighted by Gasteiger charge is -2.29. The molecule has 1 aliphatic rings. The second-order valence-corrected chi connectivity index (χ2v) is 8.68. The van der Waals surface area contributed by atoms with E-state index in [4.69, 9.17) is 14.5 Å². The van der Waals surface area contributed by atoms with Gasteiger partial charge in [-0.3, -0.25) is 14.6 Å². The van der Waals surface area contributed by atoms with Crippen LogP contribution in [0.3, 0.4) is 0 Å². The van der Waals surface area contributed by atoms with Crippen LogP contribution in [0.15, 0.2) is 46.9 Å². The van der Waals surface area contributed by atoms with Crippen molar-refractivity contribution >= 4 is 48.5 Å². The Labute approximate surface area is 182 Å². The second kappa shape index (κ2) is 9.21. The molecule has 2 aromatic carbocycles. The number of rotatable bonds is 6. The van der Waals surface area contributed by atoms with Crippen LogP contribution in [0, 0.1) is 0 Å². The highest BCUT2D eigenvalue weighted by Gasteiger charge is 2.23. The van der Waals surface area contributed by atoms with Crippen molar-refractivity contribution in [2.45, 2.75) is 0 Å². The van der Waals surface area contributed by atoms with Crippen molar-refractivity contribution in [2.75, 3.05) is 51.4 Å². The van der Waals surface area contributed by atoms with Gasteiger partial charge in [-0.15, -0.1) is 0 Å². The number of carbonyl (C=O) groups is 1. The van der Waals surface area contributed by atoms with Gasteiger partial charge in [0.05, 0.1) is 30.5 Å². The van der Waals surface area contributed by atoms with Crippen molar-refractivity contribution in [3.05, 3.63) is 52.5 Å². The quantitative estimate of drug-likeness (QED) is 0.538. The van der Waals surface area contributed by atoms with E-state index in [-0.39, 0.29) is 5.91 Å². The number of halogens is 1. The van der Waals surface area contributed by atoms with Gasteiger partial charge in [-0.1, -0.05) is 33.3 Å². The van der Waals surface area contributed by atoms with Gasteiger partial charge in [-0.05, 0) is 36.4 Å². The number of hydrogen-bond donors (Lipinski definition) is 0. The third-order valence-electron chi connectivity index (χ3n) is 4.88. The molecule has 1 saturated heterocycles. The first-order valence-electron chi connectivity index (χ1n) is 9.46. The monoisotopic (exact) mass is 475 g/mol. The molecule has 29 heavy (non-hydrogen) atoms. The molecule has 0 spiro atoms. The van der Waals surface area contributed by atoms with E-state index in [2.05, 4.69) is 20.8 Å². The molecule has 6 nitrogen and oxygen atoms in total. The summed E-state index contributed by atoms with van der Waals surface area (Å²) in [6.07, 6.45) is 0. The molecule has 1 aliphatic heterocycles. The van der Waals surface area contributed by atoms with Gasteiger partial charge in [0, 0.05) is 36.2 Å². The van der Waals surface area contributed by atoms with Crippen molar-refractivity contribution in [1.29, 1.82) is 0 Å². The second-order valence-electron chi connectivity index (χ2n) is 6.75. The number of amides is 1. The van der Waals surface area contributed by atoms with E-state index in [0.29, 0.717) is 23.0 Å². The fourth-order valence-corrected chi connectivity index (χ4v) is 4.81. The predicted octanol–water partition coefficient (Wildman–Crippen LogP) is 4.05. The number of thiazole rings is 1. The predicted molar refractivity (Wildman–Crippen MR) is 119 cm³/mol. The first-order chi connectivity index (χ1) is 14.1. The van der Waals surface area contributed by atoms with E-state index in [1.807, 2.05) is 36.4 Å². The fourth-order valence-electron chi connectivity index (χ4n) is 3.26. The normalized spacial score (nSPS) is 14.8. The molecule has 1 fully saturated rings. The van der Waals surface area contributed by atoms with Crippen LogP contribution in [-0.2, 0) is 4.74 Å². The van der Waals surface area contributed by atoms with Gasteiger partial charge in [0.1, 0.15) is 5.75 Å². The molecular formula is C21H22BrN3O3S. The Bertz CT molecular complexity index is 1000. The number of nitrogens with zero attached hydrogens (tertiary/aromatic N) is 3. The third-order valence-corrected chi connectivity index (χ3v) is 6.41. The zero-order chi connectivity index (χ0) is 20.2. The van der Waals surface area contributed by atoms with Crippen molar-refractivity contribution in [3.63, 3.8) is 0 Å². The van der Waals surface area contributed by atoms with Gasteiger partial charge in [-0.25, -0.2) is 4.98 Å². The summed E-state index contributed by atoms with van der Waals surface area (Å²) >= 11 is 5.04. The number of aromatic nitrogens is 1. The highest BCUT2D eigenvalue weighted by molar-refractivity contribution is 9.10. The number of hydrogen-bond acceptors (Lipinski definition) is 6. The molecule has 8 heteroatoms. The van der Waals surface area contributed by atoms with Crippen LogP contribution in [-0.4, -0.2) is 62.3 Å². The first kappa shape index (κ1) is 20.3. The Hall–Kier alpha value is -2.00. The van der Waals surface area contributed by atoms with E-state index in [9.17, 15) is 4.79 Å². The van der Waals surface area contributed by atoms with Crippen molar-refractivity contribution < 1.29 is 14.3 Å². The smallest absolute Gasteiger partial charge is 0.260 e. The van der Waals surface area contributed by atoms with E-state index >= 15 is 0 Å². The Morgan fingerprint density at radius 2 is 2.10 bits per heavy atom. The number of fused-ring (bicyclic) bond motifs is 1. The molecule has 0 unspecified atom stereocenters. The van der Waals surface area contributed by atoms with Gasteiger partial charge in [0.25, 0.3) is 5.91 Å². The zero-order valence-electron chi connectivity index (χ0n) is 16.1. The number of benzene rings is 2. The van der Waals surface area contributed by atoms with Crippen LogP contribution in [0.5, 0.6) is 5.75 Å². The lowest BCUT2D eigenvalue weighted by atomic mass is 10.2. The van der Waals surface area contributed by atoms with Crippen molar-refractivity contribution in [3.8, 4) is 5.75 Å². The third kappa shape index (κ3) is 4.78. The maximum atomic E-state index is 13.4. The van der Waals surface area contributed by atoms with Crippen LogP contribution in [0.1, 0.15) is 10.4 Å². The largest absolute Gasteiger partial charge is 0.497 e. The van der Waals surface area contributed by atoms with E-state index in [0.717, 1.165) is 47.5 Å². The topological polar surface area (TPSA) is 54.9 Å². The summed E-state index contributed by atoms with van der Waals surface area (Å²) in [5.41, 5.74) is 1.48. The SMILES string of the molecule is COc1cccc(C(=O)N(CCN2CCOCC2)c2nc3ccc(Br)cc3s2)c1. The van der Waals surface area contributed by atoms with Crippen LogP contribution in [0.25, 0.3) is 10.2 Å². The van der Waals surface area contributed by atoms with Crippen molar-refractivity contribution in [1.82, 2.24) is 9.88 Å². The standard InChI is InChI=1S/C21H22BrN3O3S/c1-27-17-4-2-3-15(13-17)20(26)25(8-7-24-9-11-28-12-10-24)21-23-18-6-5-16(22)14-19(18)29-21/h2-6,13-14H,7-12H2,1H3. The van der Waals surface area contributed by atoms with E-state index in [1.165, 1.54) is 11.3 Å². The summed E-state index contributed by atoms with van der Waals surface area (Å²) in [6, 6.07) is 13.2. The maximum Gasteiger partial charge on any atom is 0.260 e. The number of methoxy groups -OCH3 is 1. The summed E-state index contributed by atoms with van der Waals surface area (Å²) in [5.74, 6) is 0.590. The molecule has 1 amide bonds. The molecule has 0 bridgehead atoms. The van der Waals surface area contributed by atoms with E-state index in [1.54, 1.807) is 18.1 Å². The number of morpholine rings is 1. The molecule has 0 saturated carbocycles. The minimum Gasteiger partial charge on any atom is -0.497 e. The van der Waals surface area contributed by atoms with Crippen LogP contribution in [0.4, 0.5) is 5.13 Å². The molecule has 0 atom stereocenters. The number of carbonyl (C=O) groups excluding carboxylic acids is 1. The molecule has 2 heterocycles. The van der Waals surface area contributed by atoms with Crippen LogP contribution < -0.4 is 9.64 Å². The van der Waals surface area contributed by atoms with Gasteiger partial charge >= 0.3 is 0 Å². The number of ether oxygens (including phenoxy) is 2. The highest BCUT2D eigenvalue weighted by Crippen LogP contribution is 2.32. The van der Waals surface area contributed by atoms with Gasteiger partial charge < -0.3 is 9.47 Å². The average Bonchev–Trinajstić information content (AvgIpc) is 3.17. The zero-order valence-corrected chi connectivity index (χ0v) is 18.5. The maximum absolute atomic E-state index is 13.4. The Balaban J connectivity index is 1.64. The van der Waals surface area contributed by atoms with E-state index < -0.39 is 0 Å². The summed E-state index contributed by atoms with van der Waals surface area (Å²) in [7, 11) is 1.60. The first-order valence-corrected chi connectivity index (χ1v) is 11.1. The Morgan fingerprint density at radius 1 is 1.28 bits per heavy atom. The average molecular weight is 476 g/mol. The molecule has 0 radical (unpaired) electrons. The molecule has 0 N–H and O–H groups in total.